The molecule has 1 fully saturated rings. The Kier molecular flexibility index (Phi) is 4.34. The number of anilines is 1. The summed E-state index contributed by atoms with van der Waals surface area (Å²) in [6.07, 6.45) is 2.46. The molecule has 0 atom stereocenters. The first-order chi connectivity index (χ1) is 8.26. The number of nitrogens with zero attached hydrogens (tertiary/aromatic N) is 2. The van der Waals surface area contributed by atoms with Crippen molar-refractivity contribution in [1.29, 1.82) is 0 Å². The standard InChI is InChI=1S/C12H18BrN3O/c1-3-14-12-10(13)11(8-5-6-8)15-9(16-12)7-17-4-2/h8H,3-7H2,1-2H3,(H,14,15,16). The van der Waals surface area contributed by atoms with Crippen LogP contribution in [0.15, 0.2) is 4.47 Å². The highest BCUT2D eigenvalue weighted by Gasteiger charge is 2.29. The van der Waals surface area contributed by atoms with Gasteiger partial charge in [0.15, 0.2) is 5.82 Å². The predicted octanol–water partition coefficient (Wildman–Crippen LogP) is 3.08. The van der Waals surface area contributed by atoms with Crippen LogP contribution in [-0.4, -0.2) is 23.1 Å². The van der Waals surface area contributed by atoms with Crippen LogP contribution in [0.2, 0.25) is 0 Å². The van der Waals surface area contributed by atoms with Gasteiger partial charge in [-0.3, -0.25) is 0 Å². The number of nitrogens with one attached hydrogen (secondary N) is 1. The zero-order valence-electron chi connectivity index (χ0n) is 10.3. The largest absolute Gasteiger partial charge is 0.374 e. The van der Waals surface area contributed by atoms with Crippen molar-refractivity contribution in [3.63, 3.8) is 0 Å². The van der Waals surface area contributed by atoms with Crippen LogP contribution >= 0.6 is 15.9 Å². The summed E-state index contributed by atoms with van der Waals surface area (Å²) in [5, 5.41) is 3.26. The Morgan fingerprint density at radius 1 is 1.35 bits per heavy atom. The fraction of sp³-hybridized carbons (Fsp3) is 0.667. The molecule has 0 saturated heterocycles. The van der Waals surface area contributed by atoms with Crippen LogP contribution < -0.4 is 5.32 Å². The van der Waals surface area contributed by atoms with Gasteiger partial charge in [0.2, 0.25) is 0 Å². The van der Waals surface area contributed by atoms with E-state index in [9.17, 15) is 0 Å². The third-order valence-corrected chi connectivity index (χ3v) is 3.45. The van der Waals surface area contributed by atoms with Gasteiger partial charge in [0.25, 0.3) is 0 Å². The zero-order chi connectivity index (χ0) is 12.3. The molecule has 5 heteroatoms. The first kappa shape index (κ1) is 12.8. The van der Waals surface area contributed by atoms with E-state index in [1.807, 2.05) is 6.92 Å². The van der Waals surface area contributed by atoms with Crippen molar-refractivity contribution in [3.05, 3.63) is 16.0 Å². The van der Waals surface area contributed by atoms with Crippen LogP contribution in [0.5, 0.6) is 0 Å². The van der Waals surface area contributed by atoms with Gasteiger partial charge in [0.1, 0.15) is 12.4 Å². The number of halogens is 1. The van der Waals surface area contributed by atoms with Crippen molar-refractivity contribution < 1.29 is 4.74 Å². The van der Waals surface area contributed by atoms with Crippen molar-refractivity contribution in [3.8, 4) is 0 Å². The number of rotatable bonds is 6. The maximum atomic E-state index is 5.38. The molecule has 1 aliphatic rings. The summed E-state index contributed by atoms with van der Waals surface area (Å²) in [6, 6.07) is 0. The Morgan fingerprint density at radius 2 is 2.12 bits per heavy atom. The molecule has 2 rings (SSSR count). The number of hydrogen-bond donors (Lipinski definition) is 1. The molecule has 1 aromatic heterocycles. The van der Waals surface area contributed by atoms with E-state index in [1.54, 1.807) is 0 Å². The smallest absolute Gasteiger partial charge is 0.156 e. The summed E-state index contributed by atoms with van der Waals surface area (Å²) >= 11 is 3.60. The zero-order valence-corrected chi connectivity index (χ0v) is 11.9. The van der Waals surface area contributed by atoms with Crippen LogP contribution in [0.4, 0.5) is 5.82 Å². The van der Waals surface area contributed by atoms with Gasteiger partial charge in [-0.15, -0.1) is 0 Å². The van der Waals surface area contributed by atoms with E-state index in [2.05, 4.69) is 38.1 Å². The SMILES string of the molecule is CCNc1nc(COCC)nc(C2CC2)c1Br. The Bertz CT molecular complexity index is 394. The molecule has 0 radical (unpaired) electrons. The molecular formula is C12H18BrN3O. The van der Waals surface area contributed by atoms with Gasteiger partial charge in [-0.05, 0) is 42.6 Å². The molecular weight excluding hydrogens is 282 g/mol. The fourth-order valence-corrected chi connectivity index (χ4v) is 2.32. The Balaban J connectivity index is 2.26. The van der Waals surface area contributed by atoms with E-state index in [4.69, 9.17) is 4.74 Å². The van der Waals surface area contributed by atoms with Crippen LogP contribution in [0.3, 0.4) is 0 Å². The fourth-order valence-electron chi connectivity index (χ4n) is 1.68. The maximum Gasteiger partial charge on any atom is 0.156 e. The topological polar surface area (TPSA) is 47.0 Å². The minimum atomic E-state index is 0.488. The van der Waals surface area contributed by atoms with Crippen molar-refractivity contribution in [1.82, 2.24) is 9.97 Å². The second-order valence-electron chi connectivity index (χ2n) is 4.13. The molecule has 0 amide bonds. The molecule has 1 aromatic rings. The minimum Gasteiger partial charge on any atom is -0.374 e. The van der Waals surface area contributed by atoms with E-state index in [0.717, 1.165) is 28.4 Å². The Morgan fingerprint density at radius 3 is 2.71 bits per heavy atom. The molecule has 0 aromatic carbocycles. The molecule has 1 heterocycles. The van der Waals surface area contributed by atoms with E-state index in [0.29, 0.717) is 19.1 Å². The average Bonchev–Trinajstić information content (AvgIpc) is 3.14. The predicted molar refractivity (Wildman–Crippen MR) is 71.2 cm³/mol. The maximum absolute atomic E-state index is 5.38. The van der Waals surface area contributed by atoms with E-state index < -0.39 is 0 Å². The van der Waals surface area contributed by atoms with Gasteiger partial charge in [-0.2, -0.15) is 0 Å². The second-order valence-corrected chi connectivity index (χ2v) is 4.92. The molecule has 4 nitrogen and oxygen atoms in total. The van der Waals surface area contributed by atoms with Gasteiger partial charge in [-0.1, -0.05) is 0 Å². The van der Waals surface area contributed by atoms with Gasteiger partial charge < -0.3 is 10.1 Å². The molecule has 1 N–H and O–H groups in total. The molecule has 0 unspecified atom stereocenters. The minimum absolute atomic E-state index is 0.488. The normalized spacial score (nSPS) is 15.0. The molecule has 94 valence electrons. The van der Waals surface area contributed by atoms with Crippen molar-refractivity contribution in [2.45, 2.75) is 39.2 Å². The van der Waals surface area contributed by atoms with Gasteiger partial charge in [0.05, 0.1) is 10.2 Å². The monoisotopic (exact) mass is 299 g/mol. The molecule has 0 spiro atoms. The van der Waals surface area contributed by atoms with Crippen molar-refractivity contribution >= 4 is 21.7 Å². The lowest BCUT2D eigenvalue weighted by Crippen LogP contribution is -2.08. The van der Waals surface area contributed by atoms with Crippen molar-refractivity contribution in [2.75, 3.05) is 18.5 Å². The third-order valence-electron chi connectivity index (χ3n) is 2.67. The van der Waals surface area contributed by atoms with Crippen molar-refractivity contribution in [2.24, 2.45) is 0 Å². The van der Waals surface area contributed by atoms with Crippen LogP contribution in [0.25, 0.3) is 0 Å². The molecule has 17 heavy (non-hydrogen) atoms. The summed E-state index contributed by atoms with van der Waals surface area (Å²) < 4.78 is 6.40. The van der Waals surface area contributed by atoms with Gasteiger partial charge >= 0.3 is 0 Å². The summed E-state index contributed by atoms with van der Waals surface area (Å²) in [5.41, 5.74) is 1.13. The van der Waals surface area contributed by atoms with Gasteiger partial charge in [0, 0.05) is 19.1 Å². The highest BCUT2D eigenvalue weighted by atomic mass is 79.9. The lowest BCUT2D eigenvalue weighted by molar-refractivity contribution is 0.128. The third kappa shape index (κ3) is 3.16. The molecule has 0 aliphatic heterocycles. The molecule has 1 saturated carbocycles. The Hall–Kier alpha value is -0.680. The summed E-state index contributed by atoms with van der Waals surface area (Å²) in [7, 11) is 0. The molecule has 0 bridgehead atoms. The first-order valence-electron chi connectivity index (χ1n) is 6.14. The quantitative estimate of drug-likeness (QED) is 0.877. The first-order valence-corrected chi connectivity index (χ1v) is 6.93. The van der Waals surface area contributed by atoms with E-state index in [1.165, 1.54) is 12.8 Å². The highest BCUT2D eigenvalue weighted by molar-refractivity contribution is 9.10. The Labute approximate surface area is 110 Å². The number of ether oxygens (including phenoxy) is 1. The van der Waals surface area contributed by atoms with E-state index >= 15 is 0 Å². The summed E-state index contributed by atoms with van der Waals surface area (Å²) in [6.45, 7) is 6.07. The highest BCUT2D eigenvalue weighted by Crippen LogP contribution is 2.43. The lowest BCUT2D eigenvalue weighted by atomic mass is 10.2. The molecule has 1 aliphatic carbocycles. The van der Waals surface area contributed by atoms with Crippen LogP contribution in [0, 0.1) is 0 Å². The summed E-state index contributed by atoms with van der Waals surface area (Å²) in [5.74, 6) is 2.26. The van der Waals surface area contributed by atoms with Crippen LogP contribution in [0.1, 0.15) is 44.1 Å². The van der Waals surface area contributed by atoms with Gasteiger partial charge in [-0.25, -0.2) is 9.97 Å². The second kappa shape index (κ2) is 5.78. The number of aromatic nitrogens is 2. The lowest BCUT2D eigenvalue weighted by Gasteiger charge is -2.11. The van der Waals surface area contributed by atoms with E-state index in [-0.39, 0.29) is 0 Å². The average molecular weight is 300 g/mol. The van der Waals surface area contributed by atoms with Crippen LogP contribution in [-0.2, 0) is 11.3 Å². The summed E-state index contributed by atoms with van der Waals surface area (Å²) in [4.78, 5) is 9.07. The number of hydrogen-bond acceptors (Lipinski definition) is 4.